The summed E-state index contributed by atoms with van der Waals surface area (Å²) < 4.78 is 0. The van der Waals surface area contributed by atoms with Crippen molar-refractivity contribution in [3.8, 4) is 0 Å². The molecule has 1 heterocycles. The molecule has 3 N–H and O–H groups in total. The Kier molecular flexibility index (Phi) is 1.49. The van der Waals surface area contributed by atoms with Gasteiger partial charge in [-0.1, -0.05) is 0 Å². The second kappa shape index (κ2) is 2.51. The summed E-state index contributed by atoms with van der Waals surface area (Å²) in [4.78, 5) is 10.4. The second-order valence-corrected chi connectivity index (χ2v) is 2.89. The number of aromatic carboxylic acids is 1. The molecule has 1 fully saturated rings. The number of anilines is 1. The summed E-state index contributed by atoms with van der Waals surface area (Å²) in [6.07, 6.45) is 2.30. The van der Waals surface area contributed by atoms with Crippen molar-refractivity contribution in [2.24, 2.45) is 0 Å². The number of hydrogen-bond acceptors (Lipinski definition) is 3. The van der Waals surface area contributed by atoms with E-state index in [1.165, 1.54) is 6.07 Å². The molecule has 5 heteroatoms. The fourth-order valence-electron chi connectivity index (χ4n) is 0.942. The minimum atomic E-state index is -0.980. The number of nitrogens with one attached hydrogen (secondary N) is 2. The van der Waals surface area contributed by atoms with Crippen molar-refractivity contribution < 1.29 is 9.90 Å². The third kappa shape index (κ3) is 1.39. The molecule has 0 spiro atoms. The molecule has 0 aliphatic heterocycles. The van der Waals surface area contributed by atoms with Crippen LogP contribution in [0.1, 0.15) is 23.3 Å². The summed E-state index contributed by atoms with van der Waals surface area (Å²) in [7, 11) is 0. The van der Waals surface area contributed by atoms with Gasteiger partial charge in [0, 0.05) is 12.1 Å². The Labute approximate surface area is 68.8 Å². The predicted octanol–water partition coefficient (Wildman–Crippen LogP) is 0.682. The Morgan fingerprint density at radius 2 is 2.50 bits per heavy atom. The SMILES string of the molecule is O=C(O)c1cc(NC2CC2)n[nH]1. The highest BCUT2D eigenvalue weighted by Crippen LogP contribution is 2.23. The van der Waals surface area contributed by atoms with Crippen molar-refractivity contribution in [3.63, 3.8) is 0 Å². The number of aromatic amines is 1. The van der Waals surface area contributed by atoms with E-state index in [-0.39, 0.29) is 5.69 Å². The highest BCUT2D eigenvalue weighted by molar-refractivity contribution is 5.86. The molecule has 1 aliphatic carbocycles. The summed E-state index contributed by atoms with van der Waals surface area (Å²) in [5.41, 5.74) is 0.123. The zero-order chi connectivity index (χ0) is 8.55. The van der Waals surface area contributed by atoms with Gasteiger partial charge in [-0.15, -0.1) is 0 Å². The molecule has 1 saturated carbocycles. The van der Waals surface area contributed by atoms with E-state index >= 15 is 0 Å². The zero-order valence-corrected chi connectivity index (χ0v) is 6.37. The van der Waals surface area contributed by atoms with Gasteiger partial charge >= 0.3 is 5.97 Å². The molecule has 1 aromatic rings. The number of rotatable bonds is 3. The van der Waals surface area contributed by atoms with Crippen molar-refractivity contribution in [1.29, 1.82) is 0 Å². The molecule has 64 valence electrons. The Bertz CT molecular complexity index is 303. The van der Waals surface area contributed by atoms with Gasteiger partial charge in [-0.3, -0.25) is 5.10 Å². The first-order valence-electron chi connectivity index (χ1n) is 3.81. The van der Waals surface area contributed by atoms with Crippen LogP contribution in [0.3, 0.4) is 0 Å². The van der Waals surface area contributed by atoms with Crippen LogP contribution >= 0.6 is 0 Å². The van der Waals surface area contributed by atoms with Crippen LogP contribution in [0.25, 0.3) is 0 Å². The normalized spacial score (nSPS) is 16.0. The molecule has 2 rings (SSSR count). The first-order valence-corrected chi connectivity index (χ1v) is 3.81. The minimum absolute atomic E-state index is 0.123. The van der Waals surface area contributed by atoms with Crippen LogP contribution in [0.15, 0.2) is 6.07 Å². The van der Waals surface area contributed by atoms with Crippen molar-refractivity contribution in [2.45, 2.75) is 18.9 Å². The van der Waals surface area contributed by atoms with Gasteiger partial charge in [0.05, 0.1) is 0 Å². The number of carboxylic acids is 1. The van der Waals surface area contributed by atoms with E-state index in [1.54, 1.807) is 0 Å². The summed E-state index contributed by atoms with van der Waals surface area (Å²) >= 11 is 0. The molecule has 0 bridgehead atoms. The molecule has 0 atom stereocenters. The topological polar surface area (TPSA) is 78.0 Å². The number of H-pyrrole nitrogens is 1. The quantitative estimate of drug-likeness (QED) is 0.618. The van der Waals surface area contributed by atoms with Crippen LogP contribution in [0.5, 0.6) is 0 Å². The molecule has 12 heavy (non-hydrogen) atoms. The van der Waals surface area contributed by atoms with E-state index in [9.17, 15) is 4.79 Å². The number of hydrogen-bond donors (Lipinski definition) is 3. The molecule has 0 unspecified atom stereocenters. The smallest absolute Gasteiger partial charge is 0.353 e. The van der Waals surface area contributed by atoms with E-state index in [4.69, 9.17) is 5.11 Å². The standard InChI is InChI=1S/C7H9N3O2/c11-7(12)5-3-6(10-9-5)8-4-1-2-4/h3-4H,1-2H2,(H,11,12)(H2,8,9,10). The van der Waals surface area contributed by atoms with Gasteiger partial charge in [-0.2, -0.15) is 5.10 Å². The lowest BCUT2D eigenvalue weighted by Crippen LogP contribution is -2.00. The molecule has 0 saturated heterocycles. The molecule has 0 amide bonds. The van der Waals surface area contributed by atoms with Gasteiger partial charge < -0.3 is 10.4 Å². The highest BCUT2D eigenvalue weighted by atomic mass is 16.4. The lowest BCUT2D eigenvalue weighted by atomic mass is 10.4. The number of nitrogens with zero attached hydrogens (tertiary/aromatic N) is 1. The van der Waals surface area contributed by atoms with E-state index in [2.05, 4.69) is 15.5 Å². The second-order valence-electron chi connectivity index (χ2n) is 2.89. The third-order valence-electron chi connectivity index (χ3n) is 1.74. The maximum atomic E-state index is 10.4. The Balaban J connectivity index is 2.06. The highest BCUT2D eigenvalue weighted by Gasteiger charge is 2.22. The minimum Gasteiger partial charge on any atom is -0.477 e. The van der Waals surface area contributed by atoms with Gasteiger partial charge in [0.2, 0.25) is 0 Å². The largest absolute Gasteiger partial charge is 0.477 e. The molecule has 5 nitrogen and oxygen atoms in total. The first-order chi connectivity index (χ1) is 5.75. The average Bonchev–Trinajstić information content (AvgIpc) is 2.66. The van der Waals surface area contributed by atoms with Gasteiger partial charge in [-0.25, -0.2) is 4.79 Å². The van der Waals surface area contributed by atoms with Crippen LogP contribution in [-0.2, 0) is 0 Å². The van der Waals surface area contributed by atoms with Crippen LogP contribution in [0.4, 0.5) is 5.82 Å². The van der Waals surface area contributed by atoms with Crippen LogP contribution in [0, 0.1) is 0 Å². The van der Waals surface area contributed by atoms with E-state index in [0.29, 0.717) is 11.9 Å². The maximum absolute atomic E-state index is 10.4. The third-order valence-corrected chi connectivity index (χ3v) is 1.74. The number of carbonyl (C=O) groups is 1. The van der Waals surface area contributed by atoms with Crippen LogP contribution in [-0.4, -0.2) is 27.3 Å². The average molecular weight is 167 g/mol. The first kappa shape index (κ1) is 7.15. The Hall–Kier alpha value is -1.52. The fourth-order valence-corrected chi connectivity index (χ4v) is 0.942. The van der Waals surface area contributed by atoms with Crippen LogP contribution < -0.4 is 5.32 Å². The lowest BCUT2D eigenvalue weighted by Gasteiger charge is -1.94. The van der Waals surface area contributed by atoms with E-state index < -0.39 is 5.97 Å². The summed E-state index contributed by atoms with van der Waals surface area (Å²) in [5, 5.41) is 17.9. The summed E-state index contributed by atoms with van der Waals surface area (Å²) in [6, 6.07) is 2.00. The monoisotopic (exact) mass is 167 g/mol. The van der Waals surface area contributed by atoms with Gasteiger partial charge in [0.25, 0.3) is 0 Å². The zero-order valence-electron chi connectivity index (χ0n) is 6.37. The maximum Gasteiger partial charge on any atom is 0.353 e. The molecule has 0 radical (unpaired) electrons. The lowest BCUT2D eigenvalue weighted by molar-refractivity contribution is 0.0690. The number of carboxylic acid groups (broad SMARTS) is 1. The fraction of sp³-hybridized carbons (Fsp3) is 0.429. The van der Waals surface area contributed by atoms with Crippen molar-refractivity contribution in [1.82, 2.24) is 10.2 Å². The summed E-state index contributed by atoms with van der Waals surface area (Å²) in [6.45, 7) is 0. The van der Waals surface area contributed by atoms with Gasteiger partial charge in [0.15, 0.2) is 0 Å². The van der Waals surface area contributed by atoms with Crippen molar-refractivity contribution in [2.75, 3.05) is 5.32 Å². The van der Waals surface area contributed by atoms with Gasteiger partial charge in [0.1, 0.15) is 11.5 Å². The number of aromatic nitrogens is 2. The predicted molar refractivity (Wildman–Crippen MR) is 42.2 cm³/mol. The van der Waals surface area contributed by atoms with Crippen molar-refractivity contribution >= 4 is 11.8 Å². The van der Waals surface area contributed by atoms with Crippen LogP contribution in [0.2, 0.25) is 0 Å². The van der Waals surface area contributed by atoms with E-state index in [1.807, 2.05) is 0 Å². The molecular formula is C7H9N3O2. The Morgan fingerprint density at radius 1 is 1.75 bits per heavy atom. The van der Waals surface area contributed by atoms with Gasteiger partial charge in [-0.05, 0) is 12.8 Å². The molecule has 1 aliphatic rings. The Morgan fingerprint density at radius 3 is 3.00 bits per heavy atom. The van der Waals surface area contributed by atoms with E-state index in [0.717, 1.165) is 12.8 Å². The van der Waals surface area contributed by atoms with Crippen molar-refractivity contribution in [3.05, 3.63) is 11.8 Å². The molecule has 1 aromatic heterocycles. The molecule has 0 aromatic carbocycles. The summed E-state index contributed by atoms with van der Waals surface area (Å²) in [5.74, 6) is -0.360. The molecular weight excluding hydrogens is 158 g/mol.